The Balaban J connectivity index is 3.15. The van der Waals surface area contributed by atoms with E-state index in [-0.39, 0.29) is 24.7 Å². The van der Waals surface area contributed by atoms with Crippen molar-refractivity contribution in [2.45, 2.75) is 53.6 Å². The number of carbonyl (C=O) groups excluding carboxylic acids is 3. The van der Waals surface area contributed by atoms with Gasteiger partial charge in [-0.1, -0.05) is 13.3 Å². The second-order valence-electron chi connectivity index (χ2n) is 5.01. The molecule has 0 aliphatic carbocycles. The maximum absolute atomic E-state index is 12.4. The molecule has 0 aliphatic rings. The molecule has 1 aromatic rings. The maximum atomic E-state index is 12.4. The van der Waals surface area contributed by atoms with Gasteiger partial charge in [0.15, 0.2) is 5.78 Å². The summed E-state index contributed by atoms with van der Waals surface area (Å²) in [7, 11) is 0. The van der Waals surface area contributed by atoms with Gasteiger partial charge in [0.1, 0.15) is 12.3 Å². The van der Waals surface area contributed by atoms with Crippen LogP contribution in [0.15, 0.2) is 0 Å². The van der Waals surface area contributed by atoms with Gasteiger partial charge in [0.2, 0.25) is 0 Å². The van der Waals surface area contributed by atoms with E-state index >= 15 is 0 Å². The number of unbranched alkanes of at least 4 members (excludes halogenated alkanes) is 1. The van der Waals surface area contributed by atoms with Crippen molar-refractivity contribution in [3.63, 3.8) is 0 Å². The summed E-state index contributed by atoms with van der Waals surface area (Å²) < 4.78 is 9.93. The van der Waals surface area contributed by atoms with Gasteiger partial charge in [-0.3, -0.25) is 9.59 Å². The first-order valence-corrected chi connectivity index (χ1v) is 7.47. The number of ketones is 1. The molecule has 0 unspecified atom stereocenters. The molecule has 22 heavy (non-hydrogen) atoms. The molecule has 6 nitrogen and oxygen atoms in total. The Bertz CT molecular complexity index is 559. The van der Waals surface area contributed by atoms with Gasteiger partial charge >= 0.3 is 11.9 Å². The van der Waals surface area contributed by atoms with Crippen molar-refractivity contribution in [3.05, 3.63) is 22.5 Å². The molecule has 0 amide bonds. The minimum atomic E-state index is -0.515. The van der Waals surface area contributed by atoms with Crippen molar-refractivity contribution >= 4 is 17.7 Å². The van der Waals surface area contributed by atoms with Gasteiger partial charge < -0.3 is 14.5 Å². The second kappa shape index (κ2) is 8.36. The minimum absolute atomic E-state index is 0.0618. The number of esters is 2. The van der Waals surface area contributed by atoms with E-state index in [9.17, 15) is 14.4 Å². The largest absolute Gasteiger partial charge is 0.461 e. The van der Waals surface area contributed by atoms with Crippen LogP contribution in [0.4, 0.5) is 0 Å². The first kappa shape index (κ1) is 17.9. The fourth-order valence-corrected chi connectivity index (χ4v) is 2.19. The Morgan fingerprint density at radius 1 is 1.14 bits per heavy atom. The molecule has 0 aliphatic heterocycles. The number of H-pyrrole nitrogens is 1. The van der Waals surface area contributed by atoms with E-state index < -0.39 is 11.9 Å². The quantitative estimate of drug-likeness (QED) is 0.589. The third-order valence-corrected chi connectivity index (χ3v) is 3.26. The summed E-state index contributed by atoms with van der Waals surface area (Å²) in [5.41, 5.74) is 1.65. The number of Topliss-reactive ketones (excluding diaryl/α,β-unsaturated/α-hetero) is 1. The first-order chi connectivity index (χ1) is 10.4. The number of aromatic nitrogens is 1. The van der Waals surface area contributed by atoms with Crippen molar-refractivity contribution in [3.8, 4) is 0 Å². The third-order valence-electron chi connectivity index (χ3n) is 3.26. The molecule has 0 atom stereocenters. The zero-order valence-corrected chi connectivity index (χ0v) is 13.6. The highest BCUT2D eigenvalue weighted by Gasteiger charge is 2.24. The Hall–Kier alpha value is -2.11. The van der Waals surface area contributed by atoms with Crippen LogP contribution < -0.4 is 0 Å². The van der Waals surface area contributed by atoms with Gasteiger partial charge in [-0.15, -0.1) is 0 Å². The number of hydrogen-bond acceptors (Lipinski definition) is 5. The molecule has 0 fully saturated rings. The van der Waals surface area contributed by atoms with Gasteiger partial charge in [0, 0.05) is 18.9 Å². The lowest BCUT2D eigenvalue weighted by atomic mass is 10.0. The molecule has 1 aromatic heterocycles. The highest BCUT2D eigenvalue weighted by atomic mass is 16.5. The zero-order valence-electron chi connectivity index (χ0n) is 13.6. The lowest BCUT2D eigenvalue weighted by Gasteiger charge is -2.05. The number of ether oxygens (including phenoxy) is 2. The summed E-state index contributed by atoms with van der Waals surface area (Å²) in [5.74, 6) is -1.02. The fraction of sp³-hybridized carbons (Fsp3) is 0.562. The van der Waals surface area contributed by atoms with Crippen LogP contribution in [0.3, 0.4) is 0 Å². The van der Waals surface area contributed by atoms with Crippen LogP contribution in [0.5, 0.6) is 0 Å². The van der Waals surface area contributed by atoms with E-state index in [0.29, 0.717) is 23.2 Å². The maximum Gasteiger partial charge on any atom is 0.355 e. The number of rotatable bonds is 8. The Labute approximate surface area is 130 Å². The normalized spacial score (nSPS) is 10.4. The highest BCUT2D eigenvalue weighted by Crippen LogP contribution is 2.23. The Kier molecular flexibility index (Phi) is 6.82. The molecular weight excluding hydrogens is 286 g/mol. The zero-order chi connectivity index (χ0) is 16.7. The summed E-state index contributed by atoms with van der Waals surface area (Å²) in [4.78, 5) is 38.2. The van der Waals surface area contributed by atoms with Crippen molar-refractivity contribution in [1.82, 2.24) is 4.98 Å². The van der Waals surface area contributed by atoms with E-state index in [0.717, 1.165) is 12.8 Å². The monoisotopic (exact) mass is 309 g/mol. The van der Waals surface area contributed by atoms with Crippen LogP contribution in [0.1, 0.15) is 72.1 Å². The van der Waals surface area contributed by atoms with Crippen molar-refractivity contribution in [1.29, 1.82) is 0 Å². The summed E-state index contributed by atoms with van der Waals surface area (Å²) in [6, 6.07) is 0. The number of hydrogen-bond donors (Lipinski definition) is 1. The summed E-state index contributed by atoms with van der Waals surface area (Å²) in [6.07, 6.45) is 2.06. The van der Waals surface area contributed by atoms with Crippen molar-refractivity contribution in [2.24, 2.45) is 0 Å². The lowest BCUT2D eigenvalue weighted by Crippen LogP contribution is -2.07. The topological polar surface area (TPSA) is 85.5 Å². The Morgan fingerprint density at radius 3 is 2.36 bits per heavy atom. The molecule has 0 saturated carbocycles. The van der Waals surface area contributed by atoms with Crippen molar-refractivity contribution in [2.75, 3.05) is 6.61 Å². The van der Waals surface area contributed by atoms with Crippen LogP contribution in [-0.2, 0) is 20.9 Å². The fourth-order valence-electron chi connectivity index (χ4n) is 2.19. The summed E-state index contributed by atoms with van der Waals surface area (Å²) >= 11 is 0. The third kappa shape index (κ3) is 4.44. The average Bonchev–Trinajstić information content (AvgIpc) is 2.79. The molecule has 1 N–H and O–H groups in total. The summed E-state index contributed by atoms with van der Waals surface area (Å²) in [6.45, 7) is 6.88. The highest BCUT2D eigenvalue weighted by molar-refractivity contribution is 6.02. The van der Waals surface area contributed by atoms with Crippen LogP contribution >= 0.6 is 0 Å². The van der Waals surface area contributed by atoms with Gasteiger partial charge in [-0.2, -0.15) is 0 Å². The number of aromatic amines is 1. The molecule has 0 saturated heterocycles. The molecule has 0 radical (unpaired) electrons. The molecule has 0 bridgehead atoms. The van der Waals surface area contributed by atoms with Gasteiger partial charge in [-0.25, -0.2) is 4.79 Å². The van der Waals surface area contributed by atoms with Crippen LogP contribution in [-0.4, -0.2) is 29.3 Å². The molecular formula is C16H23NO5. The first-order valence-electron chi connectivity index (χ1n) is 7.47. The average molecular weight is 309 g/mol. The van der Waals surface area contributed by atoms with E-state index in [2.05, 4.69) is 4.98 Å². The van der Waals surface area contributed by atoms with Crippen LogP contribution in [0, 0.1) is 6.92 Å². The molecule has 0 spiro atoms. The molecule has 6 heteroatoms. The van der Waals surface area contributed by atoms with Crippen LogP contribution in [0.25, 0.3) is 0 Å². The van der Waals surface area contributed by atoms with Gasteiger partial charge in [-0.05, 0) is 25.8 Å². The molecule has 0 aromatic carbocycles. The van der Waals surface area contributed by atoms with Gasteiger partial charge in [0.05, 0.1) is 12.3 Å². The van der Waals surface area contributed by atoms with Gasteiger partial charge in [0.25, 0.3) is 0 Å². The van der Waals surface area contributed by atoms with E-state index in [1.807, 2.05) is 6.92 Å². The molecule has 1 heterocycles. The predicted molar refractivity (Wildman–Crippen MR) is 80.8 cm³/mol. The SMILES string of the molecule is CCCCC(=O)c1c(COC(C)=O)[nH]c(C(=O)OCC)c1C. The molecule has 1 rings (SSSR count). The van der Waals surface area contributed by atoms with Crippen LogP contribution in [0.2, 0.25) is 0 Å². The number of nitrogens with one attached hydrogen (secondary N) is 1. The van der Waals surface area contributed by atoms with E-state index in [1.165, 1.54) is 6.92 Å². The van der Waals surface area contributed by atoms with E-state index in [4.69, 9.17) is 9.47 Å². The standard InChI is InChI=1S/C16H23NO5/c1-5-7-8-13(19)14-10(3)15(16(20)21-6-2)17-12(14)9-22-11(4)18/h17H,5-9H2,1-4H3. The number of carbonyl (C=O) groups is 3. The molecule has 122 valence electrons. The minimum Gasteiger partial charge on any atom is -0.461 e. The smallest absolute Gasteiger partial charge is 0.355 e. The predicted octanol–water partition coefficient (Wildman–Crippen LogP) is 2.94. The summed E-state index contributed by atoms with van der Waals surface area (Å²) in [5, 5.41) is 0. The van der Waals surface area contributed by atoms with E-state index in [1.54, 1.807) is 13.8 Å². The second-order valence-corrected chi connectivity index (χ2v) is 5.01. The van der Waals surface area contributed by atoms with Crippen molar-refractivity contribution < 1.29 is 23.9 Å². The lowest BCUT2D eigenvalue weighted by molar-refractivity contribution is -0.142. The Morgan fingerprint density at radius 2 is 1.82 bits per heavy atom.